The van der Waals surface area contributed by atoms with Gasteiger partial charge in [0.2, 0.25) is 0 Å². The molecule has 0 fully saturated rings. The molecule has 0 aromatic heterocycles. The third-order valence-corrected chi connectivity index (χ3v) is 2.64. The zero-order valence-electron chi connectivity index (χ0n) is 8.53. The minimum Gasteiger partial charge on any atom is -0.474 e. The third kappa shape index (κ3) is 3.22. The SMILES string of the molecule is CCC(C#N)Oc1ccc(CN)cc1Br. The van der Waals surface area contributed by atoms with Gasteiger partial charge in [0.05, 0.1) is 4.47 Å². The van der Waals surface area contributed by atoms with Crippen LogP contribution in [-0.4, -0.2) is 6.10 Å². The Kier molecular flexibility index (Phi) is 4.60. The molecule has 1 aromatic carbocycles. The first-order valence-corrected chi connectivity index (χ1v) is 5.55. The second-order valence-electron chi connectivity index (χ2n) is 3.11. The first-order chi connectivity index (χ1) is 7.21. The molecule has 0 amide bonds. The van der Waals surface area contributed by atoms with E-state index < -0.39 is 6.10 Å². The zero-order valence-corrected chi connectivity index (χ0v) is 10.1. The lowest BCUT2D eigenvalue weighted by atomic mass is 10.2. The van der Waals surface area contributed by atoms with E-state index >= 15 is 0 Å². The number of nitrogens with two attached hydrogens (primary N) is 1. The molecule has 1 atom stereocenters. The van der Waals surface area contributed by atoms with Crippen molar-refractivity contribution < 1.29 is 4.74 Å². The van der Waals surface area contributed by atoms with Crippen LogP contribution in [0, 0.1) is 11.3 Å². The summed E-state index contributed by atoms with van der Waals surface area (Å²) in [6.07, 6.45) is 0.270. The van der Waals surface area contributed by atoms with Crippen molar-refractivity contribution in [2.45, 2.75) is 26.0 Å². The van der Waals surface area contributed by atoms with Crippen LogP contribution >= 0.6 is 15.9 Å². The van der Waals surface area contributed by atoms with E-state index in [1.165, 1.54) is 0 Å². The predicted molar refractivity (Wildman–Crippen MR) is 62.4 cm³/mol. The topological polar surface area (TPSA) is 59.0 Å². The summed E-state index contributed by atoms with van der Waals surface area (Å²) < 4.78 is 6.33. The standard InChI is InChI=1S/C11H13BrN2O/c1-2-9(7-14)15-11-4-3-8(6-13)5-10(11)12/h3-5,9H,2,6,13H2,1H3. The molecule has 4 heteroatoms. The van der Waals surface area contributed by atoms with Gasteiger partial charge in [0.15, 0.2) is 6.10 Å². The van der Waals surface area contributed by atoms with Crippen molar-refractivity contribution in [1.29, 1.82) is 5.26 Å². The molecule has 0 bridgehead atoms. The van der Waals surface area contributed by atoms with Crippen molar-refractivity contribution in [3.05, 3.63) is 28.2 Å². The molecule has 1 unspecified atom stereocenters. The average Bonchev–Trinajstić information content (AvgIpc) is 2.27. The Morgan fingerprint density at radius 3 is 2.80 bits per heavy atom. The van der Waals surface area contributed by atoms with Crippen LogP contribution in [-0.2, 0) is 6.54 Å². The van der Waals surface area contributed by atoms with E-state index in [0.717, 1.165) is 10.0 Å². The number of nitriles is 1. The summed E-state index contributed by atoms with van der Waals surface area (Å²) in [5.74, 6) is 0.681. The Balaban J connectivity index is 2.83. The molecule has 0 saturated carbocycles. The van der Waals surface area contributed by atoms with E-state index in [1.54, 1.807) is 0 Å². The fourth-order valence-electron chi connectivity index (χ4n) is 1.12. The molecule has 3 nitrogen and oxygen atoms in total. The van der Waals surface area contributed by atoms with Crippen LogP contribution in [0.5, 0.6) is 5.75 Å². The summed E-state index contributed by atoms with van der Waals surface area (Å²) in [4.78, 5) is 0. The van der Waals surface area contributed by atoms with Gasteiger partial charge >= 0.3 is 0 Å². The molecular weight excluding hydrogens is 256 g/mol. The minimum atomic E-state index is -0.398. The highest BCUT2D eigenvalue weighted by atomic mass is 79.9. The largest absolute Gasteiger partial charge is 0.474 e. The Labute approximate surface area is 98.0 Å². The molecule has 0 heterocycles. The number of hydrogen-bond donors (Lipinski definition) is 1. The smallest absolute Gasteiger partial charge is 0.184 e. The maximum Gasteiger partial charge on any atom is 0.184 e. The van der Waals surface area contributed by atoms with Crippen LogP contribution in [0.4, 0.5) is 0 Å². The molecule has 0 saturated heterocycles. The second kappa shape index (κ2) is 5.74. The Bertz CT molecular complexity index is 373. The summed E-state index contributed by atoms with van der Waals surface area (Å²) in [6.45, 7) is 2.41. The highest BCUT2D eigenvalue weighted by Gasteiger charge is 2.08. The number of nitrogens with zero attached hydrogens (tertiary/aromatic N) is 1. The highest BCUT2D eigenvalue weighted by molar-refractivity contribution is 9.10. The number of benzene rings is 1. The third-order valence-electron chi connectivity index (χ3n) is 2.02. The van der Waals surface area contributed by atoms with Gasteiger partial charge in [-0.3, -0.25) is 0 Å². The van der Waals surface area contributed by atoms with E-state index in [-0.39, 0.29) is 0 Å². The number of halogens is 1. The molecule has 1 aromatic rings. The van der Waals surface area contributed by atoms with Crippen LogP contribution in [0.3, 0.4) is 0 Å². The van der Waals surface area contributed by atoms with E-state index in [9.17, 15) is 0 Å². The van der Waals surface area contributed by atoms with E-state index in [2.05, 4.69) is 22.0 Å². The van der Waals surface area contributed by atoms with Crippen molar-refractivity contribution >= 4 is 15.9 Å². The van der Waals surface area contributed by atoms with Crippen molar-refractivity contribution in [2.24, 2.45) is 5.73 Å². The summed E-state index contributed by atoms with van der Waals surface area (Å²) in [7, 11) is 0. The van der Waals surface area contributed by atoms with Gasteiger partial charge < -0.3 is 10.5 Å². The molecule has 2 N–H and O–H groups in total. The Morgan fingerprint density at radius 2 is 2.33 bits per heavy atom. The van der Waals surface area contributed by atoms with Crippen molar-refractivity contribution in [3.63, 3.8) is 0 Å². The molecule has 80 valence electrons. The molecular formula is C11H13BrN2O. The quantitative estimate of drug-likeness (QED) is 0.913. The van der Waals surface area contributed by atoms with Gasteiger partial charge in [-0.05, 0) is 40.0 Å². The second-order valence-corrected chi connectivity index (χ2v) is 3.97. The zero-order chi connectivity index (χ0) is 11.3. The first-order valence-electron chi connectivity index (χ1n) is 4.76. The van der Waals surface area contributed by atoms with Crippen LogP contribution in [0.2, 0.25) is 0 Å². The molecule has 0 radical (unpaired) electrons. The summed E-state index contributed by atoms with van der Waals surface area (Å²) in [5.41, 5.74) is 6.54. The maximum atomic E-state index is 8.77. The number of hydrogen-bond acceptors (Lipinski definition) is 3. The highest BCUT2D eigenvalue weighted by Crippen LogP contribution is 2.27. The summed E-state index contributed by atoms with van der Waals surface area (Å²) in [5, 5.41) is 8.77. The predicted octanol–water partition coefficient (Wildman–Crippen LogP) is 2.59. The maximum absolute atomic E-state index is 8.77. The Hall–Kier alpha value is -1.05. The van der Waals surface area contributed by atoms with Crippen molar-refractivity contribution in [1.82, 2.24) is 0 Å². The van der Waals surface area contributed by atoms with Crippen LogP contribution in [0.15, 0.2) is 22.7 Å². The Morgan fingerprint density at radius 1 is 1.60 bits per heavy atom. The molecule has 0 spiro atoms. The number of rotatable bonds is 4. The van der Waals surface area contributed by atoms with E-state index in [0.29, 0.717) is 18.7 Å². The van der Waals surface area contributed by atoms with Gasteiger partial charge in [0.25, 0.3) is 0 Å². The van der Waals surface area contributed by atoms with Gasteiger partial charge in [-0.2, -0.15) is 5.26 Å². The average molecular weight is 269 g/mol. The van der Waals surface area contributed by atoms with E-state index in [4.69, 9.17) is 15.7 Å². The van der Waals surface area contributed by atoms with Gasteiger partial charge in [-0.25, -0.2) is 0 Å². The molecule has 0 aliphatic rings. The molecule has 0 aliphatic carbocycles. The summed E-state index contributed by atoms with van der Waals surface area (Å²) >= 11 is 3.38. The van der Waals surface area contributed by atoms with E-state index in [1.807, 2.05) is 25.1 Å². The van der Waals surface area contributed by atoms with Crippen LogP contribution in [0.1, 0.15) is 18.9 Å². The van der Waals surface area contributed by atoms with Crippen molar-refractivity contribution in [2.75, 3.05) is 0 Å². The lowest BCUT2D eigenvalue weighted by Crippen LogP contribution is -2.12. The molecule has 15 heavy (non-hydrogen) atoms. The fraction of sp³-hybridized carbons (Fsp3) is 0.364. The van der Waals surface area contributed by atoms with Gasteiger partial charge in [0.1, 0.15) is 11.8 Å². The van der Waals surface area contributed by atoms with Gasteiger partial charge in [-0.15, -0.1) is 0 Å². The first kappa shape index (κ1) is 12.0. The molecule has 0 aliphatic heterocycles. The number of ether oxygens (including phenoxy) is 1. The fourth-order valence-corrected chi connectivity index (χ4v) is 1.64. The van der Waals surface area contributed by atoms with Crippen LogP contribution in [0.25, 0.3) is 0 Å². The normalized spacial score (nSPS) is 11.9. The minimum absolute atomic E-state index is 0.398. The summed E-state index contributed by atoms with van der Waals surface area (Å²) in [6, 6.07) is 7.71. The van der Waals surface area contributed by atoms with Gasteiger partial charge in [-0.1, -0.05) is 13.0 Å². The van der Waals surface area contributed by atoms with Gasteiger partial charge in [0, 0.05) is 6.54 Å². The monoisotopic (exact) mass is 268 g/mol. The molecule has 1 rings (SSSR count). The lowest BCUT2D eigenvalue weighted by Gasteiger charge is -2.12. The van der Waals surface area contributed by atoms with Crippen molar-refractivity contribution in [3.8, 4) is 11.8 Å². The van der Waals surface area contributed by atoms with Crippen LogP contribution < -0.4 is 10.5 Å². The lowest BCUT2D eigenvalue weighted by molar-refractivity contribution is 0.250.